The van der Waals surface area contributed by atoms with Crippen molar-refractivity contribution in [2.45, 2.75) is 13.3 Å². The lowest BCUT2D eigenvalue weighted by atomic mass is 10.1. The molecule has 130 valence electrons. The molecule has 0 amide bonds. The number of hydrogen-bond donors (Lipinski definition) is 1. The minimum atomic E-state index is -0.154. The number of methoxy groups -OCH3 is 2. The number of hydrogen-bond acceptors (Lipinski definition) is 5. The Bertz CT molecular complexity index is 932. The van der Waals surface area contributed by atoms with E-state index in [-0.39, 0.29) is 5.43 Å². The van der Waals surface area contributed by atoms with Crippen molar-refractivity contribution >= 4 is 16.7 Å². The highest BCUT2D eigenvalue weighted by molar-refractivity contribution is 5.97. The van der Waals surface area contributed by atoms with Crippen LogP contribution in [0.1, 0.15) is 13.3 Å². The SMILES string of the molecule is CCCNc1c(OC)cc(OC)c2c(=O)cc(-c3ccccc3)oc12. The molecule has 5 nitrogen and oxygen atoms in total. The van der Waals surface area contributed by atoms with Gasteiger partial charge in [0.2, 0.25) is 0 Å². The van der Waals surface area contributed by atoms with Gasteiger partial charge in [0.05, 0.1) is 14.2 Å². The van der Waals surface area contributed by atoms with Gasteiger partial charge in [-0.3, -0.25) is 4.79 Å². The van der Waals surface area contributed by atoms with Crippen LogP contribution in [0.25, 0.3) is 22.3 Å². The van der Waals surface area contributed by atoms with Crippen LogP contribution in [0.4, 0.5) is 5.69 Å². The summed E-state index contributed by atoms with van der Waals surface area (Å²) in [5.74, 6) is 1.52. The zero-order valence-electron chi connectivity index (χ0n) is 14.6. The summed E-state index contributed by atoms with van der Waals surface area (Å²) in [6.07, 6.45) is 0.930. The lowest BCUT2D eigenvalue weighted by Gasteiger charge is -2.16. The summed E-state index contributed by atoms with van der Waals surface area (Å²) >= 11 is 0. The van der Waals surface area contributed by atoms with Gasteiger partial charge in [0.15, 0.2) is 11.0 Å². The van der Waals surface area contributed by atoms with Crippen LogP contribution in [0.2, 0.25) is 0 Å². The molecule has 0 aliphatic carbocycles. The molecule has 3 rings (SSSR count). The zero-order chi connectivity index (χ0) is 17.8. The number of benzene rings is 2. The van der Waals surface area contributed by atoms with Crippen molar-refractivity contribution in [1.82, 2.24) is 0 Å². The fourth-order valence-corrected chi connectivity index (χ4v) is 2.76. The maximum atomic E-state index is 12.8. The van der Waals surface area contributed by atoms with E-state index >= 15 is 0 Å². The predicted molar refractivity (Wildman–Crippen MR) is 99.8 cm³/mol. The Balaban J connectivity index is 2.34. The molecule has 2 aromatic carbocycles. The summed E-state index contributed by atoms with van der Waals surface area (Å²) in [5.41, 5.74) is 1.79. The van der Waals surface area contributed by atoms with Crippen LogP contribution < -0.4 is 20.2 Å². The van der Waals surface area contributed by atoms with Crippen molar-refractivity contribution in [3.8, 4) is 22.8 Å². The van der Waals surface area contributed by atoms with Gasteiger partial charge in [0.1, 0.15) is 28.3 Å². The van der Waals surface area contributed by atoms with Crippen LogP contribution in [0.15, 0.2) is 51.7 Å². The molecule has 3 aromatic rings. The number of fused-ring (bicyclic) bond motifs is 1. The first-order valence-corrected chi connectivity index (χ1v) is 8.21. The third-order valence-electron chi connectivity index (χ3n) is 3.98. The largest absolute Gasteiger partial charge is 0.496 e. The van der Waals surface area contributed by atoms with E-state index in [1.165, 1.54) is 13.2 Å². The van der Waals surface area contributed by atoms with Crippen molar-refractivity contribution in [3.63, 3.8) is 0 Å². The minimum absolute atomic E-state index is 0.154. The van der Waals surface area contributed by atoms with Crippen LogP contribution in [0.3, 0.4) is 0 Å². The topological polar surface area (TPSA) is 60.7 Å². The van der Waals surface area contributed by atoms with E-state index in [1.54, 1.807) is 13.2 Å². The molecule has 0 atom stereocenters. The molecule has 0 aliphatic heterocycles. The number of nitrogens with one attached hydrogen (secondary N) is 1. The molecular weight excluding hydrogens is 318 g/mol. The summed E-state index contributed by atoms with van der Waals surface area (Å²) in [5, 5.41) is 3.71. The van der Waals surface area contributed by atoms with Gasteiger partial charge in [-0.1, -0.05) is 37.3 Å². The molecule has 0 fully saturated rings. The molecule has 0 spiro atoms. The molecule has 5 heteroatoms. The Kier molecular flexibility index (Phi) is 4.93. The average Bonchev–Trinajstić information content (AvgIpc) is 2.66. The predicted octanol–water partition coefficient (Wildman–Crippen LogP) is 4.30. The van der Waals surface area contributed by atoms with E-state index in [9.17, 15) is 4.79 Å². The van der Waals surface area contributed by atoms with Crippen LogP contribution in [0.5, 0.6) is 11.5 Å². The average molecular weight is 339 g/mol. The molecule has 25 heavy (non-hydrogen) atoms. The van der Waals surface area contributed by atoms with Crippen LogP contribution in [0, 0.1) is 0 Å². The van der Waals surface area contributed by atoms with E-state index in [2.05, 4.69) is 12.2 Å². The maximum absolute atomic E-state index is 12.8. The third-order valence-corrected chi connectivity index (χ3v) is 3.98. The molecule has 1 N–H and O–H groups in total. The highest BCUT2D eigenvalue weighted by Crippen LogP contribution is 2.39. The summed E-state index contributed by atoms with van der Waals surface area (Å²) in [6.45, 7) is 2.80. The Morgan fingerprint density at radius 3 is 2.40 bits per heavy atom. The number of rotatable bonds is 6. The van der Waals surface area contributed by atoms with Gasteiger partial charge >= 0.3 is 0 Å². The molecule has 0 aliphatic rings. The first kappa shape index (κ1) is 16.9. The summed E-state index contributed by atoms with van der Waals surface area (Å²) in [6, 6.07) is 12.7. The minimum Gasteiger partial charge on any atom is -0.496 e. The summed E-state index contributed by atoms with van der Waals surface area (Å²) < 4.78 is 17.0. The molecule has 1 heterocycles. The molecule has 0 radical (unpaired) electrons. The van der Waals surface area contributed by atoms with E-state index in [0.717, 1.165) is 18.5 Å². The smallest absolute Gasteiger partial charge is 0.197 e. The number of anilines is 1. The summed E-state index contributed by atoms with van der Waals surface area (Å²) in [7, 11) is 3.11. The van der Waals surface area contributed by atoms with Crippen molar-refractivity contribution in [2.75, 3.05) is 26.1 Å². The van der Waals surface area contributed by atoms with Crippen molar-refractivity contribution in [2.24, 2.45) is 0 Å². The second-order valence-corrected chi connectivity index (χ2v) is 5.63. The highest BCUT2D eigenvalue weighted by Gasteiger charge is 2.19. The maximum Gasteiger partial charge on any atom is 0.197 e. The van der Waals surface area contributed by atoms with Gasteiger partial charge in [0.25, 0.3) is 0 Å². The van der Waals surface area contributed by atoms with Crippen LogP contribution in [-0.2, 0) is 0 Å². The second-order valence-electron chi connectivity index (χ2n) is 5.63. The molecule has 0 unspecified atom stereocenters. The Hall–Kier alpha value is -2.95. The number of ether oxygens (including phenoxy) is 2. The van der Waals surface area contributed by atoms with E-state index < -0.39 is 0 Å². The lowest BCUT2D eigenvalue weighted by Crippen LogP contribution is -2.08. The van der Waals surface area contributed by atoms with Gasteiger partial charge in [-0.2, -0.15) is 0 Å². The van der Waals surface area contributed by atoms with Gasteiger partial charge in [0, 0.05) is 24.2 Å². The quantitative estimate of drug-likeness (QED) is 0.725. The van der Waals surface area contributed by atoms with Crippen LogP contribution in [-0.4, -0.2) is 20.8 Å². The zero-order valence-corrected chi connectivity index (χ0v) is 14.6. The Morgan fingerprint density at radius 2 is 1.76 bits per heavy atom. The van der Waals surface area contributed by atoms with Gasteiger partial charge in [-0.05, 0) is 6.42 Å². The first-order valence-electron chi connectivity index (χ1n) is 8.21. The lowest BCUT2D eigenvalue weighted by molar-refractivity contribution is 0.397. The first-order chi connectivity index (χ1) is 12.2. The Morgan fingerprint density at radius 1 is 1.04 bits per heavy atom. The van der Waals surface area contributed by atoms with Gasteiger partial charge < -0.3 is 19.2 Å². The summed E-state index contributed by atoms with van der Waals surface area (Å²) in [4.78, 5) is 12.8. The molecule has 0 saturated carbocycles. The van der Waals surface area contributed by atoms with Crippen molar-refractivity contribution < 1.29 is 13.9 Å². The Labute approximate surface area is 146 Å². The molecule has 0 saturated heterocycles. The second kappa shape index (κ2) is 7.30. The fourth-order valence-electron chi connectivity index (χ4n) is 2.76. The standard InChI is InChI=1S/C20H21NO4/c1-4-10-21-19-17(24-3)12-16(23-2)18-14(22)11-15(25-20(18)19)13-8-6-5-7-9-13/h5-9,11-12,21H,4,10H2,1-3H3. The molecular formula is C20H21NO4. The molecule has 0 bridgehead atoms. The molecule has 1 aromatic heterocycles. The van der Waals surface area contributed by atoms with Crippen LogP contribution >= 0.6 is 0 Å². The van der Waals surface area contributed by atoms with Crippen molar-refractivity contribution in [3.05, 3.63) is 52.7 Å². The van der Waals surface area contributed by atoms with Gasteiger partial charge in [-0.15, -0.1) is 0 Å². The monoisotopic (exact) mass is 339 g/mol. The third kappa shape index (κ3) is 3.18. The van der Waals surface area contributed by atoms with Crippen molar-refractivity contribution in [1.29, 1.82) is 0 Å². The van der Waals surface area contributed by atoms with E-state index in [4.69, 9.17) is 13.9 Å². The van der Waals surface area contributed by atoms with Gasteiger partial charge in [-0.25, -0.2) is 0 Å². The fraction of sp³-hybridized carbons (Fsp3) is 0.250. The normalized spacial score (nSPS) is 10.7. The van der Waals surface area contributed by atoms with E-state index in [0.29, 0.717) is 33.9 Å². The highest BCUT2D eigenvalue weighted by atomic mass is 16.5. The van der Waals surface area contributed by atoms with E-state index in [1.807, 2.05) is 30.3 Å².